The number of carbonyl (C=O) groups excluding carboxylic acids is 1. The summed E-state index contributed by atoms with van der Waals surface area (Å²) in [6.45, 7) is 7.35. The maximum absolute atomic E-state index is 12.1. The Labute approximate surface area is 136 Å². The number of hydrogen-bond donors (Lipinski definition) is 2. The summed E-state index contributed by atoms with van der Waals surface area (Å²) in [5.41, 5.74) is 0.526. The number of ether oxygens (including phenoxy) is 1. The highest BCUT2D eigenvalue weighted by Crippen LogP contribution is 2.16. The number of nitrogens with zero attached hydrogens (tertiary/aromatic N) is 2. The van der Waals surface area contributed by atoms with Crippen molar-refractivity contribution >= 4 is 6.03 Å². The van der Waals surface area contributed by atoms with Gasteiger partial charge in [-0.05, 0) is 19.8 Å². The van der Waals surface area contributed by atoms with Crippen molar-refractivity contribution in [3.8, 4) is 0 Å². The van der Waals surface area contributed by atoms with Crippen LogP contribution in [0.3, 0.4) is 0 Å². The molecule has 1 aromatic heterocycles. The Morgan fingerprint density at radius 3 is 3.13 bits per heavy atom. The van der Waals surface area contributed by atoms with E-state index in [1.807, 2.05) is 4.90 Å². The van der Waals surface area contributed by atoms with Crippen LogP contribution in [0.5, 0.6) is 0 Å². The van der Waals surface area contributed by atoms with E-state index in [1.165, 1.54) is 6.07 Å². The second-order valence-electron chi connectivity index (χ2n) is 5.99. The minimum absolute atomic E-state index is 0.0574. The molecule has 1 aromatic rings. The number of aryl methyl sites for hydroxylation is 1. The van der Waals surface area contributed by atoms with Gasteiger partial charge in [0.05, 0.1) is 6.61 Å². The molecule has 2 heterocycles. The van der Waals surface area contributed by atoms with Crippen LogP contribution in [0.4, 0.5) is 4.79 Å². The van der Waals surface area contributed by atoms with Gasteiger partial charge in [-0.1, -0.05) is 6.92 Å². The lowest BCUT2D eigenvalue weighted by molar-refractivity contribution is 0.102. The first-order valence-electron chi connectivity index (χ1n) is 8.26. The molecule has 7 heteroatoms. The molecular formula is C16H26N4O3. The Kier molecular flexibility index (Phi) is 6.58. The summed E-state index contributed by atoms with van der Waals surface area (Å²) in [4.78, 5) is 32.2. The zero-order valence-electron chi connectivity index (χ0n) is 13.9. The van der Waals surface area contributed by atoms with Gasteiger partial charge in [0.2, 0.25) is 0 Å². The van der Waals surface area contributed by atoms with Crippen molar-refractivity contribution in [2.75, 3.05) is 32.8 Å². The lowest BCUT2D eigenvalue weighted by atomic mass is 10.1. The molecule has 2 N–H and O–H groups in total. The van der Waals surface area contributed by atoms with Crippen molar-refractivity contribution in [1.29, 1.82) is 0 Å². The fourth-order valence-electron chi connectivity index (χ4n) is 2.71. The van der Waals surface area contributed by atoms with Gasteiger partial charge in [-0.3, -0.25) is 4.79 Å². The number of urea groups is 1. The number of H-pyrrole nitrogens is 1. The molecule has 1 atom stereocenters. The van der Waals surface area contributed by atoms with Crippen LogP contribution in [0.2, 0.25) is 0 Å². The predicted octanol–water partition coefficient (Wildman–Crippen LogP) is 1.08. The molecule has 0 bridgehead atoms. The summed E-state index contributed by atoms with van der Waals surface area (Å²) in [7, 11) is 0. The van der Waals surface area contributed by atoms with Gasteiger partial charge >= 0.3 is 6.03 Å². The Morgan fingerprint density at radius 2 is 2.39 bits per heavy atom. The van der Waals surface area contributed by atoms with Crippen LogP contribution >= 0.6 is 0 Å². The van der Waals surface area contributed by atoms with E-state index in [2.05, 4.69) is 22.2 Å². The number of carbonyl (C=O) groups is 1. The SMILES string of the molecule is CCCOC[C@H]1CCN(C(=O)NCCc2nc(C)cc(=O)[nH]2)C1. The third-order valence-electron chi connectivity index (χ3n) is 3.83. The monoisotopic (exact) mass is 322 g/mol. The van der Waals surface area contributed by atoms with Crippen molar-refractivity contribution in [3.05, 3.63) is 27.9 Å². The first kappa shape index (κ1) is 17.5. The maximum atomic E-state index is 12.1. The number of aromatic amines is 1. The lowest BCUT2D eigenvalue weighted by Crippen LogP contribution is -2.39. The summed E-state index contributed by atoms with van der Waals surface area (Å²) >= 11 is 0. The summed E-state index contributed by atoms with van der Waals surface area (Å²) in [5.74, 6) is 1.03. The molecule has 23 heavy (non-hydrogen) atoms. The van der Waals surface area contributed by atoms with Gasteiger partial charge in [0.25, 0.3) is 5.56 Å². The lowest BCUT2D eigenvalue weighted by Gasteiger charge is -2.17. The fourth-order valence-corrected chi connectivity index (χ4v) is 2.71. The Hall–Kier alpha value is -1.89. The predicted molar refractivity (Wildman–Crippen MR) is 87.5 cm³/mol. The largest absolute Gasteiger partial charge is 0.381 e. The van der Waals surface area contributed by atoms with Gasteiger partial charge in [0.1, 0.15) is 5.82 Å². The number of rotatable bonds is 7. The molecule has 0 spiro atoms. The first-order valence-corrected chi connectivity index (χ1v) is 8.26. The molecule has 1 fully saturated rings. The molecule has 2 rings (SSSR count). The van der Waals surface area contributed by atoms with Crippen LogP contribution in [-0.4, -0.2) is 53.7 Å². The van der Waals surface area contributed by atoms with Crippen LogP contribution in [-0.2, 0) is 11.2 Å². The third kappa shape index (κ3) is 5.67. The van der Waals surface area contributed by atoms with Crippen molar-refractivity contribution < 1.29 is 9.53 Å². The van der Waals surface area contributed by atoms with Gasteiger partial charge in [-0.2, -0.15) is 0 Å². The minimum atomic E-state index is -0.159. The highest BCUT2D eigenvalue weighted by molar-refractivity contribution is 5.74. The van der Waals surface area contributed by atoms with E-state index in [9.17, 15) is 9.59 Å². The number of hydrogen-bond acceptors (Lipinski definition) is 4. The van der Waals surface area contributed by atoms with Crippen LogP contribution in [0.1, 0.15) is 31.3 Å². The Balaban J connectivity index is 1.70. The van der Waals surface area contributed by atoms with E-state index < -0.39 is 0 Å². The van der Waals surface area contributed by atoms with Crippen LogP contribution < -0.4 is 10.9 Å². The van der Waals surface area contributed by atoms with Crippen molar-refractivity contribution in [3.63, 3.8) is 0 Å². The van der Waals surface area contributed by atoms with Crippen molar-refractivity contribution in [1.82, 2.24) is 20.2 Å². The van der Waals surface area contributed by atoms with E-state index in [0.717, 1.165) is 39.1 Å². The summed E-state index contributed by atoms with van der Waals surface area (Å²) in [6, 6.07) is 1.39. The third-order valence-corrected chi connectivity index (χ3v) is 3.83. The molecule has 2 amide bonds. The molecule has 7 nitrogen and oxygen atoms in total. The summed E-state index contributed by atoms with van der Waals surface area (Å²) in [6.07, 6.45) is 2.52. The van der Waals surface area contributed by atoms with E-state index in [4.69, 9.17) is 4.74 Å². The Morgan fingerprint density at radius 1 is 1.57 bits per heavy atom. The van der Waals surface area contributed by atoms with Gasteiger partial charge in [-0.25, -0.2) is 9.78 Å². The van der Waals surface area contributed by atoms with E-state index in [0.29, 0.717) is 30.4 Å². The molecule has 1 aliphatic rings. The standard InChI is InChI=1S/C16H26N4O3/c1-3-8-23-11-13-5-7-20(10-13)16(22)17-6-4-14-18-12(2)9-15(21)19-14/h9,13H,3-8,10-11H2,1-2H3,(H,17,22)(H,18,19,21)/t13-/m0/s1. The molecule has 0 unspecified atom stereocenters. The zero-order valence-corrected chi connectivity index (χ0v) is 13.9. The molecule has 1 aliphatic heterocycles. The number of likely N-dealkylation sites (tertiary alicyclic amines) is 1. The van der Waals surface area contributed by atoms with E-state index >= 15 is 0 Å². The molecular weight excluding hydrogens is 296 g/mol. The molecule has 0 aromatic carbocycles. The van der Waals surface area contributed by atoms with E-state index in [-0.39, 0.29) is 11.6 Å². The average Bonchev–Trinajstić information content (AvgIpc) is 2.95. The molecule has 1 saturated heterocycles. The van der Waals surface area contributed by atoms with Gasteiger partial charge in [0.15, 0.2) is 0 Å². The zero-order chi connectivity index (χ0) is 16.7. The quantitative estimate of drug-likeness (QED) is 0.735. The fraction of sp³-hybridized carbons (Fsp3) is 0.688. The Bertz CT molecular complexity index is 573. The normalized spacial score (nSPS) is 17.5. The van der Waals surface area contributed by atoms with Crippen LogP contribution in [0, 0.1) is 12.8 Å². The van der Waals surface area contributed by atoms with Gasteiger partial charge in [-0.15, -0.1) is 0 Å². The van der Waals surface area contributed by atoms with Crippen LogP contribution in [0.25, 0.3) is 0 Å². The molecule has 128 valence electrons. The molecule has 0 saturated carbocycles. The number of nitrogens with one attached hydrogen (secondary N) is 2. The smallest absolute Gasteiger partial charge is 0.317 e. The molecule has 0 aliphatic carbocycles. The number of aromatic nitrogens is 2. The molecule has 0 radical (unpaired) electrons. The number of amides is 2. The van der Waals surface area contributed by atoms with Gasteiger partial charge < -0.3 is 19.9 Å². The first-order chi connectivity index (χ1) is 11.1. The maximum Gasteiger partial charge on any atom is 0.317 e. The second-order valence-corrected chi connectivity index (χ2v) is 5.99. The summed E-state index contributed by atoms with van der Waals surface area (Å²) in [5, 5.41) is 2.88. The van der Waals surface area contributed by atoms with Crippen molar-refractivity contribution in [2.24, 2.45) is 5.92 Å². The highest BCUT2D eigenvalue weighted by atomic mass is 16.5. The average molecular weight is 322 g/mol. The van der Waals surface area contributed by atoms with E-state index in [1.54, 1.807) is 6.92 Å². The highest BCUT2D eigenvalue weighted by Gasteiger charge is 2.25. The topological polar surface area (TPSA) is 87.3 Å². The second kappa shape index (κ2) is 8.67. The minimum Gasteiger partial charge on any atom is -0.381 e. The van der Waals surface area contributed by atoms with Gasteiger partial charge in [0, 0.05) is 50.3 Å². The summed E-state index contributed by atoms with van der Waals surface area (Å²) < 4.78 is 5.56. The van der Waals surface area contributed by atoms with Crippen LogP contribution in [0.15, 0.2) is 10.9 Å². The van der Waals surface area contributed by atoms with Crippen molar-refractivity contribution in [2.45, 2.75) is 33.1 Å².